The average molecular weight is 450 g/mol. The Morgan fingerprint density at radius 3 is 2.19 bits per heavy atom. The summed E-state index contributed by atoms with van der Waals surface area (Å²) in [6, 6.07) is 9.80. The molecule has 1 heterocycles. The van der Waals surface area contributed by atoms with E-state index in [0.717, 1.165) is 0 Å². The van der Waals surface area contributed by atoms with Gasteiger partial charge in [-0.25, -0.2) is 0 Å². The Morgan fingerprint density at radius 2 is 1.63 bits per heavy atom. The molecule has 0 aliphatic rings. The van der Waals surface area contributed by atoms with Gasteiger partial charge in [0.05, 0.1) is 37.4 Å². The minimum Gasteiger partial charge on any atom is -0.476 e. The van der Waals surface area contributed by atoms with Gasteiger partial charge in [-0.2, -0.15) is 0 Å². The number of nitrogen functional groups attached to an aromatic ring is 1. The van der Waals surface area contributed by atoms with Crippen molar-refractivity contribution in [3.05, 3.63) is 66.7 Å². The van der Waals surface area contributed by atoms with Gasteiger partial charge < -0.3 is 15.5 Å². The second kappa shape index (κ2) is 10.1. The number of H-pyrrole nitrogens is 1. The highest BCUT2D eigenvalue weighted by molar-refractivity contribution is 6.45. The van der Waals surface area contributed by atoms with Gasteiger partial charge in [0, 0.05) is 11.5 Å². The van der Waals surface area contributed by atoms with Crippen molar-refractivity contribution >= 4 is 63.0 Å². The summed E-state index contributed by atoms with van der Waals surface area (Å²) in [5, 5.41) is 2.15. The number of aromatic nitrogens is 1. The fraction of sp³-hybridized carbons (Fsp3) is 0.211. The Balaban J connectivity index is 0.000000310. The predicted octanol–water partition coefficient (Wildman–Crippen LogP) is 6.83. The largest absolute Gasteiger partial charge is 0.476 e. The van der Waals surface area contributed by atoms with Crippen LogP contribution in [0.25, 0.3) is 10.9 Å². The van der Waals surface area contributed by atoms with Crippen LogP contribution in [0, 0.1) is 0 Å². The van der Waals surface area contributed by atoms with Crippen molar-refractivity contribution in [3.8, 4) is 5.88 Å². The predicted molar refractivity (Wildman–Crippen MR) is 118 cm³/mol. The first-order chi connectivity index (χ1) is 12.2. The summed E-state index contributed by atoms with van der Waals surface area (Å²) in [6.45, 7) is 3.75. The van der Waals surface area contributed by atoms with Crippen LogP contribution in [0.4, 0.5) is 5.69 Å². The minimum atomic E-state index is -0.145. The van der Waals surface area contributed by atoms with Crippen molar-refractivity contribution in [1.82, 2.24) is 4.98 Å². The molecule has 1 aromatic heterocycles. The van der Waals surface area contributed by atoms with Crippen LogP contribution in [0.3, 0.4) is 0 Å². The van der Waals surface area contributed by atoms with Gasteiger partial charge in [-0.05, 0) is 38.1 Å². The Morgan fingerprint density at radius 1 is 1.00 bits per heavy atom. The molecule has 0 unspecified atom stereocenters. The molecule has 4 nitrogen and oxygen atoms in total. The lowest BCUT2D eigenvalue weighted by Gasteiger charge is -2.11. The zero-order chi connectivity index (χ0) is 19.4. The number of halogens is 4. The average Bonchev–Trinajstić information content (AvgIpc) is 2.56. The topological polar surface area (TPSA) is 68.1 Å². The third kappa shape index (κ3) is 5.94. The molecule has 0 aliphatic carbocycles. The highest BCUT2D eigenvalue weighted by Gasteiger charge is 2.09. The van der Waals surface area contributed by atoms with Crippen LogP contribution >= 0.6 is 46.4 Å². The van der Waals surface area contributed by atoms with Gasteiger partial charge in [0.2, 0.25) is 0 Å². The molecule has 0 spiro atoms. The van der Waals surface area contributed by atoms with Crippen LogP contribution in [0.1, 0.15) is 21.3 Å². The van der Waals surface area contributed by atoms with Crippen molar-refractivity contribution in [2.75, 3.05) is 5.73 Å². The molecule has 0 amide bonds. The maximum Gasteiger partial charge on any atom is 0.195 e. The van der Waals surface area contributed by atoms with Gasteiger partial charge in [-0.15, -0.1) is 0 Å². The van der Waals surface area contributed by atoms with Crippen LogP contribution in [-0.4, -0.2) is 11.1 Å². The summed E-state index contributed by atoms with van der Waals surface area (Å²) in [7, 11) is 0. The number of fused-ring (bicyclic) bond motifs is 1. The highest BCUT2D eigenvalue weighted by atomic mass is 35.5. The third-order valence-electron chi connectivity index (χ3n) is 3.21. The van der Waals surface area contributed by atoms with Gasteiger partial charge in [-0.1, -0.05) is 59.9 Å². The number of pyridine rings is 1. The van der Waals surface area contributed by atoms with Crippen LogP contribution in [-0.2, 0) is 0 Å². The molecule has 0 aliphatic heterocycles. The molecule has 8 heteroatoms. The van der Waals surface area contributed by atoms with E-state index in [4.69, 9.17) is 56.9 Å². The first-order valence-corrected chi connectivity index (χ1v) is 9.09. The third-order valence-corrected chi connectivity index (χ3v) is 4.85. The first kappa shape index (κ1) is 23.4. The zero-order valence-corrected chi connectivity index (χ0v) is 17.0. The number of nitrogens with one attached hydrogen (secondary N) is 1. The van der Waals surface area contributed by atoms with E-state index in [0.29, 0.717) is 42.6 Å². The number of benzene rings is 2. The number of hydrogen-bond donors (Lipinski definition) is 2. The number of aromatic amines is 1. The van der Waals surface area contributed by atoms with E-state index in [2.05, 4.69) is 4.98 Å². The standard InChI is InChI=1S/C12H11Cl2NO2.C6H5Cl2N.CH4/c1-6(2)17-10-5-9(16)7-3-4-8(13)11(14)12(7)15-10;7-4-2-1-3-5(9)6(4)8;/h3-6H,1-2H3,(H,15,16);1-3H,9H2;1H4. The molecule has 3 rings (SSSR count). The van der Waals surface area contributed by atoms with Crippen LogP contribution < -0.4 is 15.9 Å². The number of rotatable bonds is 2. The van der Waals surface area contributed by atoms with Gasteiger partial charge in [0.1, 0.15) is 0 Å². The molecule has 0 atom stereocenters. The van der Waals surface area contributed by atoms with Crippen molar-refractivity contribution < 1.29 is 4.74 Å². The second-order valence-corrected chi connectivity index (χ2v) is 7.16. The SMILES string of the molecule is C.CC(C)Oc1cc(=O)c2ccc(Cl)c(Cl)c2[nH]1.Nc1cccc(Cl)c1Cl. The molecular formula is C19H20Cl4N2O2. The Hall–Kier alpha value is -1.59. The van der Waals surface area contributed by atoms with E-state index in [1.54, 1.807) is 30.3 Å². The summed E-state index contributed by atoms with van der Waals surface area (Å²) < 4.78 is 5.44. The highest BCUT2D eigenvalue weighted by Crippen LogP contribution is 2.29. The zero-order valence-electron chi connectivity index (χ0n) is 13.9. The van der Waals surface area contributed by atoms with E-state index in [9.17, 15) is 4.79 Å². The lowest BCUT2D eigenvalue weighted by molar-refractivity contribution is 0.233. The van der Waals surface area contributed by atoms with Crippen LogP contribution in [0.15, 0.2) is 41.2 Å². The fourth-order valence-corrected chi connectivity index (χ4v) is 2.75. The lowest BCUT2D eigenvalue weighted by Crippen LogP contribution is -2.10. The van der Waals surface area contributed by atoms with Gasteiger partial charge in [-0.3, -0.25) is 4.79 Å². The molecule has 3 aromatic rings. The lowest BCUT2D eigenvalue weighted by atomic mass is 10.2. The molecule has 146 valence electrons. The van der Waals surface area contributed by atoms with Crippen molar-refractivity contribution in [3.63, 3.8) is 0 Å². The monoisotopic (exact) mass is 448 g/mol. The summed E-state index contributed by atoms with van der Waals surface area (Å²) in [5.41, 5.74) is 6.28. The van der Waals surface area contributed by atoms with Gasteiger partial charge in [0.15, 0.2) is 11.3 Å². The molecule has 0 radical (unpaired) electrons. The van der Waals surface area contributed by atoms with Crippen molar-refractivity contribution in [2.45, 2.75) is 27.4 Å². The van der Waals surface area contributed by atoms with Crippen LogP contribution in [0.2, 0.25) is 20.1 Å². The van der Waals surface area contributed by atoms with E-state index in [1.165, 1.54) is 6.07 Å². The van der Waals surface area contributed by atoms with E-state index < -0.39 is 0 Å². The van der Waals surface area contributed by atoms with Crippen molar-refractivity contribution in [1.29, 1.82) is 0 Å². The second-order valence-electron chi connectivity index (χ2n) is 5.59. The van der Waals surface area contributed by atoms with E-state index in [1.807, 2.05) is 13.8 Å². The first-order valence-electron chi connectivity index (χ1n) is 7.58. The number of anilines is 1. The molecule has 0 saturated carbocycles. The van der Waals surface area contributed by atoms with Crippen LogP contribution in [0.5, 0.6) is 5.88 Å². The van der Waals surface area contributed by atoms with E-state index >= 15 is 0 Å². The summed E-state index contributed by atoms with van der Waals surface area (Å²) in [6.07, 6.45) is -0.0268. The Labute approximate surface area is 178 Å². The number of ether oxygens (including phenoxy) is 1. The summed E-state index contributed by atoms with van der Waals surface area (Å²) in [5.74, 6) is 0.390. The maximum atomic E-state index is 11.8. The molecule has 3 N–H and O–H groups in total. The molecule has 27 heavy (non-hydrogen) atoms. The number of hydrogen-bond acceptors (Lipinski definition) is 3. The molecule has 0 fully saturated rings. The molecule has 2 aromatic carbocycles. The molecule has 0 saturated heterocycles. The Bertz CT molecular complexity index is 967. The number of nitrogens with two attached hydrogens (primary N) is 1. The fourth-order valence-electron chi connectivity index (χ4n) is 2.07. The van der Waals surface area contributed by atoms with Crippen molar-refractivity contribution in [2.24, 2.45) is 0 Å². The van der Waals surface area contributed by atoms with Gasteiger partial charge in [0.25, 0.3) is 0 Å². The molecule has 0 bridgehead atoms. The van der Waals surface area contributed by atoms with E-state index in [-0.39, 0.29) is 19.0 Å². The summed E-state index contributed by atoms with van der Waals surface area (Å²) >= 11 is 23.2. The maximum absolute atomic E-state index is 11.8. The smallest absolute Gasteiger partial charge is 0.195 e. The van der Waals surface area contributed by atoms with Gasteiger partial charge >= 0.3 is 0 Å². The quantitative estimate of drug-likeness (QED) is 0.421. The minimum absolute atomic E-state index is 0. The normalized spacial score (nSPS) is 10.2. The molecular weight excluding hydrogens is 430 g/mol. The summed E-state index contributed by atoms with van der Waals surface area (Å²) in [4.78, 5) is 14.8. The Kier molecular flexibility index (Phi) is 8.76.